The third-order valence-corrected chi connectivity index (χ3v) is 5.24. The number of nitrogens with one attached hydrogen (secondary N) is 1. The fourth-order valence-electron chi connectivity index (χ4n) is 3.88. The highest BCUT2D eigenvalue weighted by Gasteiger charge is 2.41. The number of para-hydroxylation sites is 1. The molecule has 2 N–H and O–H groups in total. The molecule has 1 unspecified atom stereocenters. The van der Waals surface area contributed by atoms with Crippen LogP contribution in [0.3, 0.4) is 0 Å². The van der Waals surface area contributed by atoms with E-state index in [-0.39, 0.29) is 28.4 Å². The Bertz CT molecular complexity index is 917. The average molecular weight is 415 g/mol. The minimum absolute atomic E-state index is 0.0140. The fourth-order valence-corrected chi connectivity index (χ4v) is 3.88. The normalized spacial score (nSPS) is 16.9. The van der Waals surface area contributed by atoms with Crippen molar-refractivity contribution in [2.75, 3.05) is 6.54 Å². The Hall–Kier alpha value is -3.16. The maximum atomic E-state index is 13.2. The summed E-state index contributed by atoms with van der Waals surface area (Å²) >= 11 is 0. The first-order valence-corrected chi connectivity index (χ1v) is 10.1. The summed E-state index contributed by atoms with van der Waals surface area (Å²) in [4.78, 5) is 38.5. The zero-order valence-electron chi connectivity index (χ0n) is 18.1. The van der Waals surface area contributed by atoms with Gasteiger partial charge in [-0.3, -0.25) is 14.9 Å². The Labute approximate surface area is 176 Å². The number of amides is 1. The number of carboxylic acids is 1. The van der Waals surface area contributed by atoms with Gasteiger partial charge < -0.3 is 15.3 Å². The largest absolute Gasteiger partial charge is 0.478 e. The van der Waals surface area contributed by atoms with Gasteiger partial charge in [-0.2, -0.15) is 0 Å². The van der Waals surface area contributed by atoms with Crippen molar-refractivity contribution in [2.24, 2.45) is 0 Å². The number of nitro benzene ring substituents is 1. The van der Waals surface area contributed by atoms with Gasteiger partial charge in [-0.15, -0.1) is 0 Å². The molecule has 0 radical (unpaired) electrons. The van der Waals surface area contributed by atoms with Gasteiger partial charge in [0.05, 0.1) is 16.4 Å². The highest BCUT2D eigenvalue weighted by atomic mass is 16.6. The van der Waals surface area contributed by atoms with Gasteiger partial charge in [-0.25, -0.2) is 4.79 Å². The van der Waals surface area contributed by atoms with Crippen LogP contribution in [-0.4, -0.2) is 39.4 Å². The summed E-state index contributed by atoms with van der Waals surface area (Å²) in [6.07, 6.45) is 1.72. The molecular formula is C22H29N3O5. The van der Waals surface area contributed by atoms with Gasteiger partial charge in [0.25, 0.3) is 5.69 Å². The van der Waals surface area contributed by atoms with E-state index in [4.69, 9.17) is 0 Å². The number of hydrogen-bond donors (Lipinski definition) is 2. The Morgan fingerprint density at radius 3 is 2.33 bits per heavy atom. The Kier molecular flexibility index (Phi) is 7.37. The van der Waals surface area contributed by atoms with Crippen molar-refractivity contribution in [3.05, 3.63) is 62.5 Å². The van der Waals surface area contributed by atoms with E-state index < -0.39 is 22.7 Å². The van der Waals surface area contributed by atoms with Crippen molar-refractivity contribution < 1.29 is 19.6 Å². The lowest BCUT2D eigenvalue weighted by Gasteiger charge is -2.38. The van der Waals surface area contributed by atoms with Crippen molar-refractivity contribution in [3.8, 4) is 0 Å². The van der Waals surface area contributed by atoms with Gasteiger partial charge in [0.2, 0.25) is 5.91 Å². The first-order chi connectivity index (χ1) is 14.1. The summed E-state index contributed by atoms with van der Waals surface area (Å²) in [5.41, 5.74) is 1.32. The van der Waals surface area contributed by atoms with Crippen LogP contribution in [0.2, 0.25) is 0 Å². The quantitative estimate of drug-likeness (QED) is 0.491. The molecule has 0 fully saturated rings. The number of carbonyl (C=O) groups is 2. The van der Waals surface area contributed by atoms with Crippen molar-refractivity contribution in [2.45, 2.75) is 59.4 Å². The summed E-state index contributed by atoms with van der Waals surface area (Å²) in [7, 11) is 0. The van der Waals surface area contributed by atoms with E-state index in [9.17, 15) is 24.8 Å². The molecular weight excluding hydrogens is 386 g/mol. The molecule has 1 atom stereocenters. The molecule has 0 bridgehead atoms. The van der Waals surface area contributed by atoms with E-state index >= 15 is 0 Å². The van der Waals surface area contributed by atoms with Crippen LogP contribution in [-0.2, 0) is 9.59 Å². The molecule has 162 valence electrons. The second-order valence-corrected chi connectivity index (χ2v) is 7.69. The highest BCUT2D eigenvalue weighted by molar-refractivity contribution is 6.02. The molecule has 1 aliphatic rings. The molecule has 1 aromatic carbocycles. The van der Waals surface area contributed by atoms with Crippen LogP contribution in [0.25, 0.3) is 0 Å². The molecule has 1 amide bonds. The molecule has 0 saturated heterocycles. The van der Waals surface area contributed by atoms with Crippen molar-refractivity contribution in [3.63, 3.8) is 0 Å². The van der Waals surface area contributed by atoms with Crippen LogP contribution in [0.4, 0.5) is 5.69 Å². The zero-order valence-corrected chi connectivity index (χ0v) is 18.1. The number of aliphatic carboxylic acids is 1. The van der Waals surface area contributed by atoms with E-state index in [1.165, 1.54) is 18.2 Å². The number of carbonyl (C=O) groups excluding carboxylic acids is 1. The first-order valence-electron chi connectivity index (χ1n) is 10.1. The molecule has 0 aliphatic carbocycles. The van der Waals surface area contributed by atoms with E-state index in [1.807, 2.05) is 25.7 Å². The SMILES string of the molecule is CCCCN1C(C)=C(C(=O)O)C(c2ccccc2[N+](=O)[O-])C(C(=O)NC(C)C)=C1C. The van der Waals surface area contributed by atoms with Gasteiger partial charge in [0.15, 0.2) is 0 Å². The van der Waals surface area contributed by atoms with Crippen LogP contribution in [0.15, 0.2) is 46.8 Å². The second-order valence-electron chi connectivity index (χ2n) is 7.69. The average Bonchev–Trinajstić information content (AvgIpc) is 2.66. The number of unbranched alkanes of at least 4 members (excludes halogenated alkanes) is 1. The predicted octanol–water partition coefficient (Wildman–Crippen LogP) is 3.95. The minimum atomic E-state index is -1.19. The van der Waals surface area contributed by atoms with Crippen molar-refractivity contribution in [1.82, 2.24) is 10.2 Å². The van der Waals surface area contributed by atoms with Crippen LogP contribution in [0, 0.1) is 10.1 Å². The molecule has 30 heavy (non-hydrogen) atoms. The Balaban J connectivity index is 2.82. The van der Waals surface area contributed by atoms with Crippen molar-refractivity contribution >= 4 is 17.6 Å². The van der Waals surface area contributed by atoms with E-state index in [0.717, 1.165) is 12.8 Å². The molecule has 1 aliphatic heterocycles. The predicted molar refractivity (Wildman–Crippen MR) is 114 cm³/mol. The lowest BCUT2D eigenvalue weighted by atomic mass is 9.78. The van der Waals surface area contributed by atoms with Crippen LogP contribution < -0.4 is 5.32 Å². The highest BCUT2D eigenvalue weighted by Crippen LogP contribution is 2.44. The smallest absolute Gasteiger partial charge is 0.334 e. The van der Waals surface area contributed by atoms with Crippen LogP contribution in [0.5, 0.6) is 0 Å². The minimum Gasteiger partial charge on any atom is -0.478 e. The number of nitro groups is 1. The monoisotopic (exact) mass is 415 g/mol. The molecule has 0 saturated carbocycles. The van der Waals surface area contributed by atoms with E-state index in [0.29, 0.717) is 17.9 Å². The van der Waals surface area contributed by atoms with Gasteiger partial charge in [0.1, 0.15) is 0 Å². The topological polar surface area (TPSA) is 113 Å². The number of allylic oxidation sites excluding steroid dienone is 2. The number of nitrogens with zero attached hydrogens (tertiary/aromatic N) is 2. The van der Waals surface area contributed by atoms with Gasteiger partial charge in [-0.1, -0.05) is 31.5 Å². The number of rotatable bonds is 8. The van der Waals surface area contributed by atoms with Crippen LogP contribution in [0.1, 0.15) is 58.9 Å². The van der Waals surface area contributed by atoms with E-state index in [2.05, 4.69) is 5.32 Å². The fraction of sp³-hybridized carbons (Fsp3) is 0.455. The zero-order chi connectivity index (χ0) is 22.6. The standard InChI is InChI=1S/C22H29N3O5/c1-6-7-12-24-14(4)18(21(26)23-13(2)3)20(19(15(24)5)22(27)28)16-10-8-9-11-17(16)25(29)30/h8-11,13,20H,6-7,12H2,1-5H3,(H,23,26)(H,27,28). The summed E-state index contributed by atoms with van der Waals surface area (Å²) < 4.78 is 0. The summed E-state index contributed by atoms with van der Waals surface area (Å²) in [5.74, 6) is -2.65. The Morgan fingerprint density at radius 2 is 1.80 bits per heavy atom. The van der Waals surface area contributed by atoms with E-state index in [1.54, 1.807) is 19.9 Å². The lowest BCUT2D eigenvalue weighted by Crippen LogP contribution is -2.40. The van der Waals surface area contributed by atoms with Gasteiger partial charge in [-0.05, 0) is 34.1 Å². The molecule has 1 aromatic rings. The molecule has 8 nitrogen and oxygen atoms in total. The maximum Gasteiger partial charge on any atom is 0.334 e. The molecule has 0 aromatic heterocycles. The molecule has 0 spiro atoms. The Morgan fingerprint density at radius 1 is 1.20 bits per heavy atom. The second kappa shape index (κ2) is 9.56. The van der Waals surface area contributed by atoms with Gasteiger partial charge in [0, 0.05) is 41.2 Å². The molecule has 1 heterocycles. The van der Waals surface area contributed by atoms with Gasteiger partial charge >= 0.3 is 5.97 Å². The first kappa shape index (κ1) is 23.1. The molecule has 2 rings (SSSR count). The lowest BCUT2D eigenvalue weighted by molar-refractivity contribution is -0.385. The molecule has 8 heteroatoms. The third-order valence-electron chi connectivity index (χ3n) is 5.24. The maximum absolute atomic E-state index is 13.2. The summed E-state index contributed by atoms with van der Waals surface area (Å²) in [6, 6.07) is 5.83. The van der Waals surface area contributed by atoms with Crippen LogP contribution >= 0.6 is 0 Å². The third kappa shape index (κ3) is 4.53. The summed E-state index contributed by atoms with van der Waals surface area (Å²) in [5, 5.41) is 24.6. The number of carboxylic acid groups (broad SMARTS) is 1. The summed E-state index contributed by atoms with van der Waals surface area (Å²) in [6.45, 7) is 9.68. The number of benzene rings is 1. The van der Waals surface area contributed by atoms with Crippen molar-refractivity contribution in [1.29, 1.82) is 0 Å². The number of hydrogen-bond acceptors (Lipinski definition) is 5.